The summed E-state index contributed by atoms with van der Waals surface area (Å²) in [5.41, 5.74) is 9.33. The molecule has 1 aromatic carbocycles. The van der Waals surface area contributed by atoms with Gasteiger partial charge in [0.05, 0.1) is 18.2 Å². The molecule has 9 N–H and O–H groups in total. The highest BCUT2D eigenvalue weighted by atomic mass is 32.3. The van der Waals surface area contributed by atoms with E-state index in [9.17, 15) is 33.0 Å². The second kappa shape index (κ2) is 14.1. The van der Waals surface area contributed by atoms with E-state index in [-0.39, 0.29) is 35.9 Å². The van der Waals surface area contributed by atoms with E-state index in [2.05, 4.69) is 30.0 Å². The molecule has 2 aromatic rings. The zero-order valence-electron chi connectivity index (χ0n) is 27.2. The van der Waals surface area contributed by atoms with Crippen molar-refractivity contribution in [1.82, 2.24) is 20.7 Å². The Balaban J connectivity index is 1.34. The number of carbonyl (C=O) groups is 3. The molecule has 0 spiro atoms. The van der Waals surface area contributed by atoms with E-state index in [0.29, 0.717) is 35.1 Å². The Labute approximate surface area is 290 Å². The van der Waals surface area contributed by atoms with Crippen LogP contribution in [-0.2, 0) is 40.3 Å². The van der Waals surface area contributed by atoms with Crippen molar-refractivity contribution >= 4 is 56.2 Å². The number of aliphatic hydroxyl groups excluding tert-OH is 1. The summed E-state index contributed by atoms with van der Waals surface area (Å²) in [5.74, 6) is -2.74. The molecule has 0 radical (unpaired) electrons. The predicted molar refractivity (Wildman–Crippen MR) is 177 cm³/mol. The fraction of sp³-hybridized carbons (Fsp3) is 0.517. The normalized spacial score (nSPS) is 25.1. The molecular weight excluding hydrogens is 700 g/mol. The molecule has 272 valence electrons. The predicted octanol–water partition coefficient (Wildman–Crippen LogP) is -0.659. The number of ether oxygens (including phenoxy) is 1. The third kappa shape index (κ3) is 7.66. The Morgan fingerprint density at radius 2 is 2.06 bits per heavy atom. The van der Waals surface area contributed by atoms with Gasteiger partial charge in [-0.3, -0.25) is 19.1 Å². The molecule has 5 rings (SSSR count). The highest BCUT2D eigenvalue weighted by molar-refractivity contribution is 7.80. The first kappa shape index (κ1) is 36.9. The summed E-state index contributed by atoms with van der Waals surface area (Å²) in [7, 11) is -5.03. The van der Waals surface area contributed by atoms with Crippen LogP contribution in [0.4, 0.5) is 5.13 Å². The minimum atomic E-state index is -5.03. The van der Waals surface area contributed by atoms with E-state index in [4.69, 9.17) is 25.6 Å². The van der Waals surface area contributed by atoms with Crippen LogP contribution in [0.1, 0.15) is 56.9 Å². The third-order valence-corrected chi connectivity index (χ3v) is 9.79. The van der Waals surface area contributed by atoms with Gasteiger partial charge in [0, 0.05) is 17.0 Å². The number of β-lactam (4-membered cyclic amide) rings is 1. The first-order valence-electron chi connectivity index (χ1n) is 15.4. The molecule has 2 amide bonds. The van der Waals surface area contributed by atoms with Gasteiger partial charge in [-0.05, 0) is 76.8 Å². The van der Waals surface area contributed by atoms with Gasteiger partial charge in [-0.25, -0.2) is 9.78 Å². The number of oxime groups is 1. The van der Waals surface area contributed by atoms with E-state index in [1.165, 1.54) is 26.2 Å². The van der Waals surface area contributed by atoms with Gasteiger partial charge in [-0.2, -0.15) is 13.5 Å². The number of nitrogens with one attached hydrogen (secondary N) is 2. The molecule has 1 aromatic heterocycles. The number of nitrogens with two attached hydrogens (primary N) is 2. The highest BCUT2D eigenvalue weighted by Gasteiger charge is 2.58. The second-order valence-corrected chi connectivity index (χ2v) is 14.6. The monoisotopic (exact) mass is 738 g/mol. The van der Waals surface area contributed by atoms with E-state index in [0.717, 1.165) is 29.9 Å². The summed E-state index contributed by atoms with van der Waals surface area (Å²) < 4.78 is 41.8. The number of aryl methyl sites for hydroxylation is 1. The molecule has 2 saturated heterocycles. The average molecular weight is 739 g/mol. The van der Waals surface area contributed by atoms with Gasteiger partial charge >= 0.3 is 16.4 Å². The number of piperidine rings is 1. The van der Waals surface area contributed by atoms with Crippen LogP contribution in [-0.4, -0.2) is 111 Å². The van der Waals surface area contributed by atoms with Crippen LogP contribution >= 0.6 is 11.3 Å². The van der Waals surface area contributed by atoms with Crippen LogP contribution in [0.15, 0.2) is 33.7 Å². The summed E-state index contributed by atoms with van der Waals surface area (Å²) >= 11 is 0.959. The number of nitrogens with zero attached hydrogens (tertiary/aromatic N) is 4. The van der Waals surface area contributed by atoms with Gasteiger partial charge in [-0.1, -0.05) is 5.16 Å². The van der Waals surface area contributed by atoms with Gasteiger partial charge in [0.25, 0.3) is 17.4 Å². The smallest absolute Gasteiger partial charge is 0.418 e. The number of carboxylic acids is 1. The lowest BCUT2D eigenvalue weighted by Gasteiger charge is -2.50. The number of carboxylic acid groups (broad SMARTS) is 1. The van der Waals surface area contributed by atoms with Crippen molar-refractivity contribution in [2.24, 2.45) is 15.9 Å². The van der Waals surface area contributed by atoms with Gasteiger partial charge in [0.1, 0.15) is 23.3 Å². The fourth-order valence-corrected chi connectivity index (χ4v) is 6.84. The molecule has 0 bridgehead atoms. The Morgan fingerprint density at radius 3 is 2.68 bits per heavy atom. The van der Waals surface area contributed by atoms with Crippen molar-refractivity contribution in [3.05, 3.63) is 40.4 Å². The molecule has 4 heterocycles. The molecule has 50 heavy (non-hydrogen) atoms. The Kier molecular flexibility index (Phi) is 10.4. The minimum absolute atomic E-state index is 0.0120. The number of hydroxylamine groups is 2. The Morgan fingerprint density at radius 1 is 1.32 bits per heavy atom. The summed E-state index contributed by atoms with van der Waals surface area (Å²) in [6, 6.07) is 3.77. The van der Waals surface area contributed by atoms with E-state index >= 15 is 0 Å². The molecule has 3 aliphatic rings. The molecule has 19 nitrogen and oxygen atoms in total. The number of hydrogen-bond donors (Lipinski definition) is 7. The quantitative estimate of drug-likeness (QED) is 0.0468. The van der Waals surface area contributed by atoms with Crippen molar-refractivity contribution in [2.45, 2.75) is 81.8 Å². The van der Waals surface area contributed by atoms with Crippen molar-refractivity contribution in [2.75, 3.05) is 18.9 Å². The SMILES string of the molecule is CC1(C)[C@H](NC(=O)/C(=N\O[C@](C)(C(=O)O)[C@H]2CCc3cc(C(N)=N[C@@H]4CCN[C@@H](CO)C4)ccc3O2)c2csc(N)n2)C(=O)N1OS(=O)(=O)O. The van der Waals surface area contributed by atoms with Crippen LogP contribution in [0, 0.1) is 0 Å². The van der Waals surface area contributed by atoms with Crippen LogP contribution in [0.25, 0.3) is 0 Å². The van der Waals surface area contributed by atoms with E-state index in [1.54, 1.807) is 12.1 Å². The van der Waals surface area contributed by atoms with Crippen molar-refractivity contribution < 1.29 is 51.4 Å². The maximum Gasteiger partial charge on any atom is 0.418 e. The maximum atomic E-state index is 13.5. The number of nitrogen functional groups attached to an aromatic ring is 1. The lowest BCUT2D eigenvalue weighted by atomic mass is 9.84. The van der Waals surface area contributed by atoms with Crippen molar-refractivity contribution in [3.63, 3.8) is 0 Å². The standard InChI is InChI=1S/C29H38N8O11S2/c1-28(2)22(25(40)37(28)48-50(43,44)45)35-24(39)21(18-13-49-27(31)34-18)36-47-29(3,26(41)42)20-7-5-14-10-15(4-6-19(14)46-20)23(30)33-16-8-9-32-17(11-16)12-38/h4,6,10,13,16-17,20,22,32,38H,5,7-9,11-12H2,1-3H3,(H2,30,33)(H2,31,34)(H,35,39)(H,41,42)(H,43,44,45)/b36-21-/t16-,17-,20-,22-,29+/m1/s1. The Bertz CT molecular complexity index is 1830. The number of benzene rings is 1. The summed E-state index contributed by atoms with van der Waals surface area (Å²) in [6.07, 6.45) is 0.917. The summed E-state index contributed by atoms with van der Waals surface area (Å²) in [4.78, 5) is 53.0. The number of aliphatic carboxylic acids is 1. The molecule has 3 aliphatic heterocycles. The van der Waals surface area contributed by atoms with Crippen LogP contribution in [0.5, 0.6) is 5.75 Å². The number of fused-ring (bicyclic) bond motifs is 1. The zero-order chi connectivity index (χ0) is 36.6. The number of rotatable bonds is 12. The van der Waals surface area contributed by atoms with Crippen molar-refractivity contribution in [1.29, 1.82) is 0 Å². The molecule has 5 atom stereocenters. The number of thiazole rings is 1. The second-order valence-electron chi connectivity index (χ2n) is 12.7. The minimum Gasteiger partial charge on any atom is -0.485 e. The number of amidine groups is 1. The van der Waals surface area contributed by atoms with E-state index < -0.39 is 57.2 Å². The number of anilines is 1. The number of aromatic nitrogens is 1. The largest absolute Gasteiger partial charge is 0.485 e. The van der Waals surface area contributed by atoms with Crippen LogP contribution < -0.4 is 26.8 Å². The molecule has 21 heteroatoms. The molecule has 0 saturated carbocycles. The van der Waals surface area contributed by atoms with Gasteiger partial charge in [0.2, 0.25) is 0 Å². The molecule has 2 fully saturated rings. The highest BCUT2D eigenvalue weighted by Crippen LogP contribution is 2.35. The number of aliphatic hydroxyl groups is 1. The molecule has 0 aliphatic carbocycles. The topological polar surface area (TPSA) is 291 Å². The number of amides is 2. The first-order valence-corrected chi connectivity index (χ1v) is 17.7. The number of hydrogen-bond acceptors (Lipinski definition) is 15. The van der Waals surface area contributed by atoms with Gasteiger partial charge < -0.3 is 41.9 Å². The third-order valence-electron chi connectivity index (χ3n) is 8.78. The molecular formula is C29H38N8O11S2. The van der Waals surface area contributed by atoms with Gasteiger partial charge in [0.15, 0.2) is 16.9 Å². The maximum absolute atomic E-state index is 13.5. The van der Waals surface area contributed by atoms with Crippen LogP contribution in [0.2, 0.25) is 0 Å². The first-order chi connectivity index (χ1) is 23.4. The number of carbonyl (C=O) groups excluding carboxylic acids is 2. The lowest BCUT2D eigenvalue weighted by Crippen LogP contribution is -2.76. The van der Waals surface area contributed by atoms with Crippen molar-refractivity contribution in [3.8, 4) is 5.75 Å². The van der Waals surface area contributed by atoms with Crippen LogP contribution in [0.3, 0.4) is 0 Å². The lowest BCUT2D eigenvalue weighted by molar-refractivity contribution is -0.218. The summed E-state index contributed by atoms with van der Waals surface area (Å²) in [5, 5.41) is 31.1. The number of aliphatic imine (C=N–C) groups is 1. The average Bonchev–Trinajstić information content (AvgIpc) is 3.50. The Hall–Kier alpha value is -4.41. The zero-order valence-corrected chi connectivity index (χ0v) is 28.9. The van der Waals surface area contributed by atoms with Gasteiger partial charge in [-0.15, -0.1) is 15.6 Å². The molecule has 0 unspecified atom stereocenters. The fourth-order valence-electron chi connectivity index (χ4n) is 5.84. The summed E-state index contributed by atoms with van der Waals surface area (Å²) in [6.45, 7) is 4.70. The van der Waals surface area contributed by atoms with E-state index in [1.807, 2.05) is 6.07 Å².